The zero-order chi connectivity index (χ0) is 29.1. The summed E-state index contributed by atoms with van der Waals surface area (Å²) >= 11 is 0. The number of fused-ring (bicyclic) bond motifs is 4. The van der Waals surface area contributed by atoms with Crippen LogP contribution in [0.2, 0.25) is 0 Å². The SMILES string of the molecule is COC(=O)Cc1ccc2c(c1)NC(=O)[C@H](C)CCC[C@H](N1CCC(c3cccc(C)c3C)=CC1=O)c1cc-2ccn1. The van der Waals surface area contributed by atoms with Crippen molar-refractivity contribution in [3.8, 4) is 11.1 Å². The molecule has 0 saturated heterocycles. The standard InChI is InChI=1S/C34H37N3O4/c1-21-7-5-9-27(23(21)3)26-14-16-37(32(38)20-26)31-10-6-8-22(2)34(40)36-29-17-24(18-33(39)41-4)11-12-28(29)25-13-15-35-30(31)19-25/h5,7,9,11-13,15,17,19-20,22,31H,6,8,10,14,16,18H2,1-4H3,(H,36,40)/t22-,31+/m1/s1. The number of ether oxygens (including phenoxy) is 1. The molecule has 3 aromatic rings. The van der Waals surface area contributed by atoms with E-state index in [4.69, 9.17) is 9.72 Å². The molecule has 2 aromatic carbocycles. The number of pyridine rings is 1. The van der Waals surface area contributed by atoms with Crippen LogP contribution < -0.4 is 5.32 Å². The average Bonchev–Trinajstić information content (AvgIpc) is 2.96. The quantitative estimate of drug-likeness (QED) is 0.390. The van der Waals surface area contributed by atoms with Gasteiger partial charge in [0, 0.05) is 36.0 Å². The number of benzene rings is 2. The van der Waals surface area contributed by atoms with Gasteiger partial charge >= 0.3 is 5.97 Å². The van der Waals surface area contributed by atoms with Gasteiger partial charge in [-0.1, -0.05) is 43.7 Å². The van der Waals surface area contributed by atoms with Crippen molar-refractivity contribution in [1.82, 2.24) is 9.88 Å². The number of rotatable bonds is 4. The average molecular weight is 552 g/mol. The van der Waals surface area contributed by atoms with E-state index in [0.29, 0.717) is 18.7 Å². The third-order valence-corrected chi connectivity index (χ3v) is 8.44. The van der Waals surface area contributed by atoms with Gasteiger partial charge in [-0.05, 0) is 84.7 Å². The summed E-state index contributed by atoms with van der Waals surface area (Å²) in [5, 5.41) is 3.10. The maximum atomic E-state index is 13.6. The Morgan fingerprint density at radius 3 is 2.68 bits per heavy atom. The van der Waals surface area contributed by atoms with Crippen molar-refractivity contribution in [3.05, 3.63) is 88.8 Å². The number of carbonyl (C=O) groups is 3. The van der Waals surface area contributed by atoms with Gasteiger partial charge in [0.1, 0.15) is 0 Å². The number of anilines is 1. The molecule has 1 aromatic heterocycles. The summed E-state index contributed by atoms with van der Waals surface area (Å²) in [7, 11) is 1.36. The van der Waals surface area contributed by atoms with Gasteiger partial charge in [-0.2, -0.15) is 0 Å². The molecule has 0 radical (unpaired) electrons. The normalized spacial score (nSPS) is 19.3. The Kier molecular flexibility index (Phi) is 8.34. The molecule has 2 aliphatic rings. The molecule has 212 valence electrons. The topological polar surface area (TPSA) is 88.6 Å². The lowest BCUT2D eigenvalue weighted by atomic mass is 9.90. The van der Waals surface area contributed by atoms with E-state index in [1.807, 2.05) is 48.2 Å². The number of nitrogens with zero attached hydrogens (tertiary/aromatic N) is 2. The lowest BCUT2D eigenvalue weighted by Crippen LogP contribution is -2.38. The first-order valence-corrected chi connectivity index (χ1v) is 14.3. The molecular formula is C34H37N3O4. The van der Waals surface area contributed by atoms with E-state index < -0.39 is 0 Å². The van der Waals surface area contributed by atoms with Crippen LogP contribution in [0.3, 0.4) is 0 Å². The molecular weight excluding hydrogens is 514 g/mol. The Balaban J connectivity index is 1.51. The second kappa shape index (κ2) is 12.1. The first-order chi connectivity index (χ1) is 19.7. The number of methoxy groups -OCH3 is 1. The van der Waals surface area contributed by atoms with Crippen molar-refractivity contribution >= 4 is 29.0 Å². The first-order valence-electron chi connectivity index (χ1n) is 14.3. The summed E-state index contributed by atoms with van der Waals surface area (Å²) in [6.45, 7) is 6.74. The molecule has 0 unspecified atom stereocenters. The molecule has 0 saturated carbocycles. The maximum Gasteiger partial charge on any atom is 0.309 e. The van der Waals surface area contributed by atoms with Crippen LogP contribution in [0.5, 0.6) is 0 Å². The number of hydrogen-bond donors (Lipinski definition) is 1. The van der Waals surface area contributed by atoms with Crippen LogP contribution in [0.25, 0.3) is 16.7 Å². The van der Waals surface area contributed by atoms with Gasteiger partial charge in [0.15, 0.2) is 0 Å². The fourth-order valence-electron chi connectivity index (χ4n) is 5.84. The van der Waals surface area contributed by atoms with Crippen molar-refractivity contribution < 1.29 is 19.1 Å². The van der Waals surface area contributed by atoms with E-state index in [2.05, 4.69) is 31.3 Å². The van der Waals surface area contributed by atoms with Crippen LogP contribution in [-0.2, 0) is 25.5 Å². The number of nitrogens with one attached hydrogen (secondary N) is 1. The minimum atomic E-state index is -0.340. The van der Waals surface area contributed by atoms with Crippen LogP contribution in [0, 0.1) is 19.8 Å². The van der Waals surface area contributed by atoms with Crippen LogP contribution in [0.1, 0.15) is 66.6 Å². The summed E-state index contributed by atoms with van der Waals surface area (Å²) in [5.74, 6) is -0.628. The molecule has 1 N–H and O–H groups in total. The molecule has 5 rings (SSSR count). The molecule has 2 amide bonds. The number of hydrogen-bond acceptors (Lipinski definition) is 5. The van der Waals surface area contributed by atoms with E-state index in [0.717, 1.165) is 52.8 Å². The fourth-order valence-corrected chi connectivity index (χ4v) is 5.84. The fraction of sp³-hybridized carbons (Fsp3) is 0.353. The lowest BCUT2D eigenvalue weighted by Gasteiger charge is -2.35. The van der Waals surface area contributed by atoms with Crippen molar-refractivity contribution in [2.24, 2.45) is 5.92 Å². The number of esters is 1. The molecule has 0 fully saturated rings. The molecule has 0 aliphatic carbocycles. The largest absolute Gasteiger partial charge is 0.469 e. The van der Waals surface area contributed by atoms with E-state index >= 15 is 0 Å². The van der Waals surface area contributed by atoms with Crippen molar-refractivity contribution in [1.29, 1.82) is 0 Å². The summed E-state index contributed by atoms with van der Waals surface area (Å²) < 4.78 is 4.83. The Labute approximate surface area is 241 Å². The predicted molar refractivity (Wildman–Crippen MR) is 160 cm³/mol. The summed E-state index contributed by atoms with van der Waals surface area (Å²) in [5.41, 5.74) is 8.61. The Hall–Kier alpha value is -4.26. The van der Waals surface area contributed by atoms with Gasteiger partial charge in [-0.25, -0.2) is 0 Å². The van der Waals surface area contributed by atoms with E-state index in [9.17, 15) is 14.4 Å². The monoisotopic (exact) mass is 551 g/mol. The molecule has 41 heavy (non-hydrogen) atoms. The Morgan fingerprint density at radius 1 is 1.07 bits per heavy atom. The third-order valence-electron chi connectivity index (χ3n) is 8.44. The summed E-state index contributed by atoms with van der Waals surface area (Å²) in [6, 6.07) is 15.6. The van der Waals surface area contributed by atoms with Gasteiger partial charge in [0.2, 0.25) is 11.8 Å². The zero-order valence-corrected chi connectivity index (χ0v) is 24.2. The number of amides is 2. The molecule has 7 heteroatoms. The summed E-state index contributed by atoms with van der Waals surface area (Å²) in [6.07, 6.45) is 6.63. The highest BCUT2D eigenvalue weighted by Crippen LogP contribution is 2.37. The van der Waals surface area contributed by atoms with E-state index in [-0.39, 0.29) is 36.2 Å². The zero-order valence-electron chi connectivity index (χ0n) is 24.2. The second-order valence-electron chi connectivity index (χ2n) is 11.1. The van der Waals surface area contributed by atoms with Gasteiger partial charge in [0.25, 0.3) is 0 Å². The van der Waals surface area contributed by atoms with E-state index in [1.54, 1.807) is 12.3 Å². The minimum Gasteiger partial charge on any atom is -0.469 e. The second-order valence-corrected chi connectivity index (χ2v) is 11.1. The summed E-state index contributed by atoms with van der Waals surface area (Å²) in [4.78, 5) is 45.4. The highest BCUT2D eigenvalue weighted by Gasteiger charge is 2.30. The van der Waals surface area contributed by atoms with Gasteiger partial charge < -0.3 is 15.0 Å². The highest BCUT2D eigenvalue weighted by molar-refractivity contribution is 5.98. The molecule has 2 atom stereocenters. The molecule has 7 nitrogen and oxygen atoms in total. The van der Waals surface area contributed by atoms with Crippen LogP contribution in [0.4, 0.5) is 5.69 Å². The minimum absolute atomic E-state index is 0.00454. The predicted octanol–water partition coefficient (Wildman–Crippen LogP) is 6.20. The van der Waals surface area contributed by atoms with Gasteiger partial charge in [-0.15, -0.1) is 0 Å². The first kappa shape index (κ1) is 28.3. The maximum absolute atomic E-state index is 13.6. The molecule has 2 bridgehead atoms. The number of carbonyl (C=O) groups excluding carboxylic acids is 3. The molecule has 2 aliphatic heterocycles. The molecule has 3 heterocycles. The van der Waals surface area contributed by atoms with Crippen molar-refractivity contribution in [2.45, 2.75) is 58.9 Å². The van der Waals surface area contributed by atoms with Gasteiger partial charge in [0.05, 0.1) is 25.3 Å². The Morgan fingerprint density at radius 2 is 1.90 bits per heavy atom. The van der Waals surface area contributed by atoms with Crippen molar-refractivity contribution in [2.75, 3.05) is 19.0 Å². The lowest BCUT2D eigenvalue weighted by molar-refractivity contribution is -0.139. The number of aromatic nitrogens is 1. The Bertz CT molecular complexity index is 1530. The number of aryl methyl sites for hydroxylation is 1. The van der Waals surface area contributed by atoms with Crippen LogP contribution in [0.15, 0.2) is 60.8 Å². The highest BCUT2D eigenvalue weighted by atomic mass is 16.5. The molecule has 0 spiro atoms. The third kappa shape index (κ3) is 6.09. The van der Waals surface area contributed by atoms with Crippen LogP contribution >= 0.6 is 0 Å². The van der Waals surface area contributed by atoms with Crippen molar-refractivity contribution in [3.63, 3.8) is 0 Å². The smallest absolute Gasteiger partial charge is 0.309 e. The van der Waals surface area contributed by atoms with Crippen LogP contribution in [-0.4, -0.2) is 41.3 Å². The van der Waals surface area contributed by atoms with E-state index in [1.165, 1.54) is 18.2 Å². The van der Waals surface area contributed by atoms with Gasteiger partial charge in [-0.3, -0.25) is 19.4 Å².